The van der Waals surface area contributed by atoms with Crippen LogP contribution in [0.1, 0.15) is 58.4 Å². The highest BCUT2D eigenvalue weighted by Crippen LogP contribution is 2.41. The van der Waals surface area contributed by atoms with Crippen LogP contribution in [0.3, 0.4) is 0 Å². The van der Waals surface area contributed by atoms with E-state index in [0.29, 0.717) is 33.3 Å². The SMILES string of the molecule is Cc1c(C#N)cccc1-c1nc(N)nc(C#C[Si](C(C)C)(C(C)C)C(C)C)c1F. The van der Waals surface area contributed by atoms with Crippen LogP contribution in [0.5, 0.6) is 0 Å². The molecule has 0 spiro atoms. The van der Waals surface area contributed by atoms with Crippen LogP contribution < -0.4 is 5.73 Å². The summed E-state index contributed by atoms with van der Waals surface area (Å²) in [6.45, 7) is 15.0. The van der Waals surface area contributed by atoms with Crippen molar-refractivity contribution in [1.29, 1.82) is 5.26 Å². The molecule has 152 valence electrons. The quantitative estimate of drug-likeness (QED) is 0.526. The number of nitrogens with zero attached hydrogens (tertiary/aromatic N) is 3. The van der Waals surface area contributed by atoms with Crippen LogP contribution in [0, 0.1) is 35.5 Å². The van der Waals surface area contributed by atoms with Gasteiger partial charge in [0.15, 0.2) is 11.5 Å². The molecule has 0 radical (unpaired) electrons. The van der Waals surface area contributed by atoms with Gasteiger partial charge in [-0.1, -0.05) is 59.6 Å². The molecular weight excluding hydrogens is 379 g/mol. The van der Waals surface area contributed by atoms with Crippen LogP contribution in [-0.4, -0.2) is 18.0 Å². The maximum absolute atomic E-state index is 15.4. The molecule has 0 unspecified atom stereocenters. The van der Waals surface area contributed by atoms with Gasteiger partial charge in [-0.25, -0.2) is 14.4 Å². The normalized spacial score (nSPS) is 11.5. The molecule has 0 fully saturated rings. The second-order valence-corrected chi connectivity index (χ2v) is 13.9. The van der Waals surface area contributed by atoms with Gasteiger partial charge in [0, 0.05) is 5.56 Å². The largest absolute Gasteiger partial charge is 0.368 e. The van der Waals surface area contributed by atoms with Gasteiger partial charge in [0.25, 0.3) is 0 Å². The van der Waals surface area contributed by atoms with Crippen LogP contribution in [0.4, 0.5) is 10.3 Å². The zero-order valence-electron chi connectivity index (χ0n) is 18.3. The number of aromatic nitrogens is 2. The Hall–Kier alpha value is -2.70. The molecule has 0 saturated carbocycles. The molecule has 0 aliphatic heterocycles. The molecule has 6 heteroatoms. The van der Waals surface area contributed by atoms with E-state index in [9.17, 15) is 5.26 Å². The zero-order chi connectivity index (χ0) is 21.9. The zero-order valence-corrected chi connectivity index (χ0v) is 19.3. The Labute approximate surface area is 174 Å². The van der Waals surface area contributed by atoms with Crippen LogP contribution in [0.15, 0.2) is 18.2 Å². The van der Waals surface area contributed by atoms with Crippen molar-refractivity contribution in [2.75, 3.05) is 5.73 Å². The summed E-state index contributed by atoms with van der Waals surface area (Å²) in [5, 5.41) is 9.28. The molecule has 0 atom stereocenters. The van der Waals surface area contributed by atoms with E-state index < -0.39 is 13.9 Å². The number of nitrogen functional groups attached to an aromatic ring is 1. The molecule has 29 heavy (non-hydrogen) atoms. The number of halogens is 1. The highest BCUT2D eigenvalue weighted by Gasteiger charge is 2.41. The Balaban J connectivity index is 2.71. The third-order valence-corrected chi connectivity index (χ3v) is 12.1. The van der Waals surface area contributed by atoms with Crippen LogP contribution in [-0.2, 0) is 0 Å². The average Bonchev–Trinajstić information content (AvgIpc) is 2.64. The first kappa shape index (κ1) is 22.6. The fourth-order valence-corrected chi connectivity index (χ4v) is 9.54. The highest BCUT2D eigenvalue weighted by atomic mass is 28.3. The lowest BCUT2D eigenvalue weighted by atomic mass is 10.00. The summed E-state index contributed by atoms with van der Waals surface area (Å²) >= 11 is 0. The van der Waals surface area contributed by atoms with E-state index in [0.717, 1.165) is 0 Å². The molecule has 2 rings (SSSR count). The molecule has 0 saturated heterocycles. The third kappa shape index (κ3) is 4.18. The topological polar surface area (TPSA) is 75.6 Å². The molecule has 2 aromatic rings. The van der Waals surface area contributed by atoms with Crippen molar-refractivity contribution in [2.45, 2.75) is 65.1 Å². The summed E-state index contributed by atoms with van der Waals surface area (Å²) in [5.41, 5.74) is 12.4. The molecule has 1 aromatic carbocycles. The van der Waals surface area contributed by atoms with Gasteiger partial charge < -0.3 is 5.73 Å². The minimum atomic E-state index is -2.05. The van der Waals surface area contributed by atoms with Crippen LogP contribution >= 0.6 is 0 Å². The van der Waals surface area contributed by atoms with Crippen molar-refractivity contribution >= 4 is 14.0 Å². The highest BCUT2D eigenvalue weighted by molar-refractivity contribution is 6.90. The summed E-state index contributed by atoms with van der Waals surface area (Å²) in [7, 11) is -2.05. The first-order valence-electron chi connectivity index (χ1n) is 9.92. The summed E-state index contributed by atoms with van der Waals surface area (Å²) in [5.74, 6) is 2.41. The lowest BCUT2D eigenvalue weighted by Gasteiger charge is -2.38. The minimum Gasteiger partial charge on any atom is -0.368 e. The van der Waals surface area contributed by atoms with Crippen molar-refractivity contribution in [3.05, 3.63) is 40.8 Å². The number of anilines is 1. The van der Waals surface area contributed by atoms with Crippen molar-refractivity contribution in [3.8, 4) is 28.8 Å². The summed E-state index contributed by atoms with van der Waals surface area (Å²) < 4.78 is 15.4. The Morgan fingerprint density at radius 3 is 2.14 bits per heavy atom. The number of hydrogen-bond donors (Lipinski definition) is 1. The Morgan fingerprint density at radius 2 is 1.62 bits per heavy atom. The van der Waals surface area contributed by atoms with Gasteiger partial charge in [0.05, 0.1) is 11.6 Å². The molecule has 0 aliphatic rings. The second kappa shape index (κ2) is 8.76. The lowest BCUT2D eigenvalue weighted by molar-refractivity contribution is 0.614. The number of nitrogens with two attached hydrogens (primary N) is 1. The smallest absolute Gasteiger partial charge is 0.221 e. The van der Waals surface area contributed by atoms with Gasteiger partial charge in [0.1, 0.15) is 13.8 Å². The van der Waals surface area contributed by atoms with Gasteiger partial charge in [-0.15, -0.1) is 5.54 Å². The molecule has 0 bridgehead atoms. The van der Waals surface area contributed by atoms with E-state index >= 15 is 4.39 Å². The fourth-order valence-electron chi connectivity index (χ4n) is 4.34. The van der Waals surface area contributed by atoms with E-state index in [1.807, 2.05) is 0 Å². The van der Waals surface area contributed by atoms with Crippen molar-refractivity contribution in [1.82, 2.24) is 9.97 Å². The Bertz CT molecular complexity index is 988. The number of hydrogen-bond acceptors (Lipinski definition) is 4. The fraction of sp³-hybridized carbons (Fsp3) is 0.435. The van der Waals surface area contributed by atoms with Gasteiger partial charge in [-0.2, -0.15) is 5.26 Å². The maximum Gasteiger partial charge on any atom is 0.221 e. The summed E-state index contributed by atoms with van der Waals surface area (Å²) in [4.78, 5) is 8.20. The van der Waals surface area contributed by atoms with E-state index in [1.165, 1.54) is 0 Å². The predicted octanol–water partition coefficient (Wildman–Crippen LogP) is 5.61. The monoisotopic (exact) mass is 408 g/mol. The first-order valence-corrected chi connectivity index (χ1v) is 12.2. The van der Waals surface area contributed by atoms with Gasteiger partial charge in [-0.05, 0) is 35.2 Å². The predicted molar refractivity (Wildman–Crippen MR) is 119 cm³/mol. The molecular formula is C23H29FN4Si. The van der Waals surface area contributed by atoms with E-state index in [4.69, 9.17) is 5.73 Å². The van der Waals surface area contributed by atoms with Crippen LogP contribution in [0.2, 0.25) is 16.6 Å². The lowest BCUT2D eigenvalue weighted by Crippen LogP contribution is -2.43. The van der Waals surface area contributed by atoms with Crippen LogP contribution in [0.25, 0.3) is 11.3 Å². The van der Waals surface area contributed by atoms with E-state index in [-0.39, 0.29) is 17.3 Å². The molecule has 1 heterocycles. The number of benzene rings is 1. The van der Waals surface area contributed by atoms with Gasteiger partial charge >= 0.3 is 0 Å². The van der Waals surface area contributed by atoms with Crippen molar-refractivity contribution in [2.24, 2.45) is 0 Å². The average molecular weight is 409 g/mol. The van der Waals surface area contributed by atoms with Crippen molar-refractivity contribution < 1.29 is 4.39 Å². The molecule has 2 N–H and O–H groups in total. The number of nitriles is 1. The Morgan fingerprint density at radius 1 is 1.03 bits per heavy atom. The Kier molecular flexibility index (Phi) is 6.82. The molecule has 0 amide bonds. The molecule has 4 nitrogen and oxygen atoms in total. The van der Waals surface area contributed by atoms with Crippen molar-refractivity contribution in [3.63, 3.8) is 0 Å². The molecule has 1 aromatic heterocycles. The number of rotatable bonds is 4. The first-order chi connectivity index (χ1) is 13.6. The maximum atomic E-state index is 15.4. The molecule has 0 aliphatic carbocycles. The standard InChI is InChI=1S/C23H29FN4Si/c1-14(2)29(15(3)4,16(5)6)12-11-20-21(24)22(28-23(26)27-20)19-10-8-9-18(13-25)17(19)7/h8-10,14-16H,1-7H3,(H2,26,27,28). The second-order valence-electron chi connectivity index (χ2n) is 8.33. The van der Waals surface area contributed by atoms with Gasteiger partial charge in [-0.3, -0.25) is 0 Å². The third-order valence-electron chi connectivity index (χ3n) is 5.84. The summed E-state index contributed by atoms with van der Waals surface area (Å²) in [6, 6.07) is 7.24. The minimum absolute atomic E-state index is 0.0214. The summed E-state index contributed by atoms with van der Waals surface area (Å²) in [6.07, 6.45) is 0. The van der Waals surface area contributed by atoms with Gasteiger partial charge in [0.2, 0.25) is 5.95 Å². The van der Waals surface area contributed by atoms with E-state index in [2.05, 4.69) is 69.0 Å². The van der Waals surface area contributed by atoms with E-state index in [1.54, 1.807) is 25.1 Å².